The number of hydrogen-bond acceptors (Lipinski definition) is 4. The molecule has 0 bridgehead atoms. The maximum Gasteiger partial charge on any atom is 0.266 e. The van der Waals surface area contributed by atoms with Gasteiger partial charge in [0, 0.05) is 15.7 Å². The van der Waals surface area contributed by atoms with Crippen molar-refractivity contribution < 1.29 is 14.3 Å². The minimum Gasteiger partial charge on any atom is -0.490 e. The summed E-state index contributed by atoms with van der Waals surface area (Å²) in [4.78, 5) is 12.7. The second-order valence-corrected chi connectivity index (χ2v) is 8.91. The smallest absolute Gasteiger partial charge is 0.266 e. The van der Waals surface area contributed by atoms with Gasteiger partial charge in [-0.25, -0.2) is 0 Å². The number of hydrogen-bond donors (Lipinski definition) is 1. The Labute approximate surface area is 217 Å². The number of amides is 1. The third kappa shape index (κ3) is 6.54. The van der Waals surface area contributed by atoms with E-state index in [0.29, 0.717) is 50.5 Å². The first-order valence-corrected chi connectivity index (χ1v) is 11.9. The zero-order valence-corrected chi connectivity index (χ0v) is 21.6. The summed E-state index contributed by atoms with van der Waals surface area (Å²) in [5.41, 5.74) is 2.74. The average molecular weight is 560 g/mol. The predicted octanol–water partition coefficient (Wildman–Crippen LogP) is 7.59. The van der Waals surface area contributed by atoms with Crippen molar-refractivity contribution in [1.82, 2.24) is 0 Å². The Balaban J connectivity index is 1.86. The molecule has 1 amide bonds. The van der Waals surface area contributed by atoms with Gasteiger partial charge in [0.15, 0.2) is 11.5 Å². The molecule has 0 saturated heterocycles. The SMILES string of the molecule is CCOc1cc(/C=C(\C#N)C(=O)Nc2cccc(Cl)c2C)cc(Br)c1OCc1ccc(Cl)cc1. The van der Waals surface area contributed by atoms with E-state index in [0.717, 1.165) is 11.1 Å². The number of halogens is 3. The minimum atomic E-state index is -0.537. The quantitative estimate of drug-likeness (QED) is 0.228. The van der Waals surface area contributed by atoms with Gasteiger partial charge in [-0.1, -0.05) is 41.4 Å². The van der Waals surface area contributed by atoms with Gasteiger partial charge in [0.1, 0.15) is 18.2 Å². The van der Waals surface area contributed by atoms with Crippen LogP contribution >= 0.6 is 39.1 Å². The molecule has 0 atom stereocenters. The lowest BCUT2D eigenvalue weighted by atomic mass is 10.1. The van der Waals surface area contributed by atoms with Crippen molar-refractivity contribution in [3.8, 4) is 17.6 Å². The van der Waals surface area contributed by atoms with Crippen LogP contribution in [-0.2, 0) is 11.4 Å². The van der Waals surface area contributed by atoms with Crippen LogP contribution in [0.15, 0.2) is 64.6 Å². The molecule has 0 fully saturated rings. The monoisotopic (exact) mass is 558 g/mol. The summed E-state index contributed by atoms with van der Waals surface area (Å²) in [6, 6.07) is 18.0. The van der Waals surface area contributed by atoms with Crippen LogP contribution in [0.25, 0.3) is 6.08 Å². The minimum absolute atomic E-state index is 0.0662. The Hall–Kier alpha value is -2.98. The number of carbonyl (C=O) groups is 1. The zero-order chi connectivity index (χ0) is 24.7. The highest BCUT2D eigenvalue weighted by Gasteiger charge is 2.15. The summed E-state index contributed by atoms with van der Waals surface area (Å²) in [6.45, 7) is 4.38. The second-order valence-electron chi connectivity index (χ2n) is 7.21. The molecule has 0 aliphatic heterocycles. The van der Waals surface area contributed by atoms with Crippen LogP contribution in [0, 0.1) is 18.3 Å². The summed E-state index contributed by atoms with van der Waals surface area (Å²) in [6.07, 6.45) is 1.49. The van der Waals surface area contributed by atoms with Crippen molar-refractivity contribution in [1.29, 1.82) is 5.26 Å². The Kier molecular flexibility index (Phi) is 9.00. The van der Waals surface area contributed by atoms with E-state index in [2.05, 4.69) is 21.2 Å². The van der Waals surface area contributed by atoms with Crippen LogP contribution in [0.3, 0.4) is 0 Å². The van der Waals surface area contributed by atoms with Gasteiger partial charge < -0.3 is 14.8 Å². The molecule has 5 nitrogen and oxygen atoms in total. The van der Waals surface area contributed by atoms with Crippen molar-refractivity contribution in [2.45, 2.75) is 20.5 Å². The fourth-order valence-electron chi connectivity index (χ4n) is 3.06. The van der Waals surface area contributed by atoms with Crippen molar-refractivity contribution in [3.05, 3.63) is 91.4 Å². The summed E-state index contributed by atoms with van der Waals surface area (Å²) in [5, 5.41) is 13.5. The Bertz CT molecular complexity index is 1270. The van der Waals surface area contributed by atoms with E-state index in [1.165, 1.54) is 6.08 Å². The number of nitrogens with one attached hydrogen (secondary N) is 1. The molecule has 0 heterocycles. The fraction of sp³-hybridized carbons (Fsp3) is 0.154. The van der Waals surface area contributed by atoms with Crippen LogP contribution in [-0.4, -0.2) is 12.5 Å². The van der Waals surface area contributed by atoms with Crippen molar-refractivity contribution in [3.63, 3.8) is 0 Å². The lowest BCUT2D eigenvalue weighted by Gasteiger charge is -2.15. The largest absolute Gasteiger partial charge is 0.490 e. The number of rotatable bonds is 8. The number of carbonyl (C=O) groups excluding carboxylic acids is 1. The molecular weight excluding hydrogens is 539 g/mol. The highest BCUT2D eigenvalue weighted by atomic mass is 79.9. The molecule has 0 radical (unpaired) electrons. The first kappa shape index (κ1) is 25.6. The molecule has 0 aromatic heterocycles. The first-order chi connectivity index (χ1) is 16.3. The van der Waals surface area contributed by atoms with E-state index >= 15 is 0 Å². The summed E-state index contributed by atoms with van der Waals surface area (Å²) >= 11 is 15.6. The van der Waals surface area contributed by atoms with Gasteiger partial charge in [0.25, 0.3) is 5.91 Å². The van der Waals surface area contributed by atoms with Crippen LogP contribution in [0.5, 0.6) is 11.5 Å². The van der Waals surface area contributed by atoms with Crippen LogP contribution in [0.2, 0.25) is 10.0 Å². The number of benzene rings is 3. The standard InChI is InChI=1S/C26H21BrCl2N2O3/c1-3-33-24-13-18(12-21(27)25(24)34-15-17-7-9-20(28)10-8-17)11-19(14-30)26(32)31-23-6-4-5-22(29)16(23)2/h4-13H,3,15H2,1-2H3,(H,31,32)/b19-11+. The van der Waals surface area contributed by atoms with Gasteiger partial charge in [-0.05, 0) is 88.9 Å². The van der Waals surface area contributed by atoms with E-state index < -0.39 is 5.91 Å². The fourth-order valence-corrected chi connectivity index (χ4v) is 3.93. The average Bonchev–Trinajstić information content (AvgIpc) is 2.81. The maximum absolute atomic E-state index is 12.7. The molecular formula is C26H21BrCl2N2O3. The van der Waals surface area contributed by atoms with Gasteiger partial charge in [0.05, 0.1) is 11.1 Å². The van der Waals surface area contributed by atoms with Crippen LogP contribution in [0.1, 0.15) is 23.6 Å². The molecule has 34 heavy (non-hydrogen) atoms. The summed E-state index contributed by atoms with van der Waals surface area (Å²) < 4.78 is 12.4. The predicted molar refractivity (Wildman–Crippen MR) is 140 cm³/mol. The molecule has 0 aliphatic rings. The van der Waals surface area contributed by atoms with Crippen molar-refractivity contribution in [2.75, 3.05) is 11.9 Å². The van der Waals surface area contributed by atoms with Crippen molar-refractivity contribution >= 4 is 56.8 Å². The molecule has 0 aliphatic carbocycles. The zero-order valence-electron chi connectivity index (χ0n) is 18.5. The summed E-state index contributed by atoms with van der Waals surface area (Å²) in [7, 11) is 0. The molecule has 0 spiro atoms. The van der Waals surface area contributed by atoms with Gasteiger partial charge >= 0.3 is 0 Å². The van der Waals surface area contributed by atoms with E-state index in [1.54, 1.807) is 49.4 Å². The van der Waals surface area contributed by atoms with Gasteiger partial charge in [0.2, 0.25) is 0 Å². The summed E-state index contributed by atoms with van der Waals surface area (Å²) in [5.74, 6) is 0.469. The van der Waals surface area contributed by atoms with E-state index in [-0.39, 0.29) is 5.57 Å². The third-order valence-corrected chi connectivity index (χ3v) is 6.07. The topological polar surface area (TPSA) is 71.3 Å². The number of nitriles is 1. The Morgan fingerprint density at radius 1 is 1.15 bits per heavy atom. The lowest BCUT2D eigenvalue weighted by molar-refractivity contribution is -0.112. The van der Waals surface area contributed by atoms with E-state index in [1.807, 2.05) is 25.1 Å². The first-order valence-electron chi connectivity index (χ1n) is 10.3. The Morgan fingerprint density at radius 2 is 1.88 bits per heavy atom. The van der Waals surface area contributed by atoms with Crippen LogP contribution < -0.4 is 14.8 Å². The normalized spacial score (nSPS) is 11.0. The second kappa shape index (κ2) is 11.9. The van der Waals surface area contributed by atoms with Gasteiger partial charge in [-0.2, -0.15) is 5.26 Å². The number of anilines is 1. The molecule has 3 rings (SSSR count). The van der Waals surface area contributed by atoms with E-state index in [9.17, 15) is 10.1 Å². The van der Waals surface area contributed by atoms with Crippen LogP contribution in [0.4, 0.5) is 5.69 Å². The Morgan fingerprint density at radius 3 is 2.56 bits per heavy atom. The number of ether oxygens (including phenoxy) is 2. The van der Waals surface area contributed by atoms with Crippen molar-refractivity contribution in [2.24, 2.45) is 0 Å². The lowest BCUT2D eigenvalue weighted by Crippen LogP contribution is -2.14. The molecule has 174 valence electrons. The molecule has 1 N–H and O–H groups in total. The number of nitrogens with zero attached hydrogens (tertiary/aromatic N) is 1. The molecule has 3 aromatic rings. The molecule has 8 heteroatoms. The van der Waals surface area contributed by atoms with Gasteiger partial charge in [-0.3, -0.25) is 4.79 Å². The highest BCUT2D eigenvalue weighted by molar-refractivity contribution is 9.10. The molecule has 3 aromatic carbocycles. The molecule has 0 saturated carbocycles. The van der Waals surface area contributed by atoms with Gasteiger partial charge in [-0.15, -0.1) is 0 Å². The highest BCUT2D eigenvalue weighted by Crippen LogP contribution is 2.38. The molecule has 0 unspecified atom stereocenters. The third-order valence-electron chi connectivity index (χ3n) is 4.82. The maximum atomic E-state index is 12.7. The van der Waals surface area contributed by atoms with E-state index in [4.69, 9.17) is 32.7 Å².